The number of nitrogens with zero attached hydrogens (tertiary/aromatic N) is 2. The topological polar surface area (TPSA) is 62.6 Å². The molecule has 0 radical (unpaired) electrons. The number of hydrogen-bond acceptors (Lipinski definition) is 6. The number of amides is 1. The van der Waals surface area contributed by atoms with E-state index in [4.69, 9.17) is 21.7 Å². The van der Waals surface area contributed by atoms with Crippen LogP contribution < -0.4 is 9.47 Å². The summed E-state index contributed by atoms with van der Waals surface area (Å²) in [5.74, 6) is 1.09. The lowest BCUT2D eigenvalue weighted by molar-refractivity contribution is -0.121. The van der Waals surface area contributed by atoms with Gasteiger partial charge >= 0.3 is 0 Å². The van der Waals surface area contributed by atoms with Crippen molar-refractivity contribution in [1.82, 2.24) is 4.90 Å². The predicted molar refractivity (Wildman–Crippen MR) is 119 cm³/mol. The third-order valence-electron chi connectivity index (χ3n) is 4.28. The summed E-state index contributed by atoms with van der Waals surface area (Å²) in [6.07, 6.45) is 1.81. The summed E-state index contributed by atoms with van der Waals surface area (Å²) in [5.41, 5.74) is 2.22. The largest absolute Gasteiger partial charge is 0.490 e. The molecule has 0 aromatic heterocycles. The number of carbonyl (C=O) groups is 1. The summed E-state index contributed by atoms with van der Waals surface area (Å²) in [5, 5.41) is 9.22. The van der Waals surface area contributed by atoms with Crippen molar-refractivity contribution in [2.24, 2.45) is 0 Å². The molecule has 2 aromatic rings. The minimum absolute atomic E-state index is 0.0751. The van der Waals surface area contributed by atoms with Crippen LogP contribution in [-0.4, -0.2) is 28.3 Å². The van der Waals surface area contributed by atoms with Gasteiger partial charge in [-0.25, -0.2) is 0 Å². The number of hydrogen-bond donors (Lipinski definition) is 0. The first-order valence-corrected chi connectivity index (χ1v) is 10.4. The van der Waals surface area contributed by atoms with Gasteiger partial charge in [-0.3, -0.25) is 9.69 Å². The zero-order valence-corrected chi connectivity index (χ0v) is 17.8. The van der Waals surface area contributed by atoms with Gasteiger partial charge in [0.05, 0.1) is 23.1 Å². The van der Waals surface area contributed by atoms with Crippen molar-refractivity contribution in [2.45, 2.75) is 20.5 Å². The van der Waals surface area contributed by atoms with Crippen molar-refractivity contribution >= 4 is 40.3 Å². The highest BCUT2D eigenvalue weighted by Crippen LogP contribution is 2.35. The number of thioether (sulfide) groups is 1. The maximum absolute atomic E-state index is 12.4. The molecule has 0 N–H and O–H groups in total. The minimum atomic E-state index is -0.0751. The first-order valence-electron chi connectivity index (χ1n) is 9.20. The summed E-state index contributed by atoms with van der Waals surface area (Å²) in [4.78, 5) is 14.6. The van der Waals surface area contributed by atoms with E-state index in [0.29, 0.717) is 39.4 Å². The fourth-order valence-electron chi connectivity index (χ4n) is 2.84. The molecule has 148 valence electrons. The molecule has 1 amide bonds. The first kappa shape index (κ1) is 20.9. The van der Waals surface area contributed by atoms with Crippen molar-refractivity contribution in [2.75, 3.05) is 13.2 Å². The molecule has 0 unspecified atom stereocenters. The van der Waals surface area contributed by atoms with E-state index in [2.05, 4.69) is 6.07 Å². The van der Waals surface area contributed by atoms with Gasteiger partial charge in [-0.2, -0.15) is 5.26 Å². The van der Waals surface area contributed by atoms with Crippen LogP contribution in [0.2, 0.25) is 0 Å². The van der Waals surface area contributed by atoms with E-state index in [0.717, 1.165) is 11.1 Å². The molecule has 0 atom stereocenters. The fraction of sp³-hybridized carbons (Fsp3) is 0.227. The molecule has 0 saturated carbocycles. The normalized spacial score (nSPS) is 14.9. The molecule has 0 spiro atoms. The number of thiocarbonyl (C=S) groups is 1. The van der Waals surface area contributed by atoms with E-state index >= 15 is 0 Å². The summed E-state index contributed by atoms with van der Waals surface area (Å²) in [6.45, 7) is 5.10. The van der Waals surface area contributed by atoms with Crippen LogP contribution in [0.25, 0.3) is 6.08 Å². The summed E-state index contributed by atoms with van der Waals surface area (Å²) < 4.78 is 12.2. The van der Waals surface area contributed by atoms with Gasteiger partial charge in [0.15, 0.2) is 11.5 Å². The molecule has 5 nitrogen and oxygen atoms in total. The van der Waals surface area contributed by atoms with Gasteiger partial charge in [-0.05, 0) is 43.7 Å². The van der Waals surface area contributed by atoms with Crippen molar-refractivity contribution < 1.29 is 14.3 Å². The molecule has 29 heavy (non-hydrogen) atoms. The highest BCUT2D eigenvalue weighted by Gasteiger charge is 2.30. The van der Waals surface area contributed by atoms with E-state index < -0.39 is 0 Å². The second-order valence-corrected chi connectivity index (χ2v) is 7.80. The monoisotopic (exact) mass is 424 g/mol. The first-order chi connectivity index (χ1) is 14.1. The number of ether oxygens (including phenoxy) is 2. The lowest BCUT2D eigenvalue weighted by Gasteiger charge is -2.13. The van der Waals surface area contributed by atoms with Crippen LogP contribution in [0, 0.1) is 11.3 Å². The second kappa shape index (κ2) is 9.59. The van der Waals surface area contributed by atoms with Gasteiger partial charge in [0.1, 0.15) is 10.9 Å². The number of benzene rings is 2. The highest BCUT2D eigenvalue weighted by atomic mass is 32.2. The fourth-order valence-corrected chi connectivity index (χ4v) is 4.22. The van der Waals surface area contributed by atoms with E-state index in [1.165, 1.54) is 11.8 Å². The molecule has 1 aliphatic heterocycles. The summed E-state index contributed by atoms with van der Waals surface area (Å²) in [6, 6.07) is 15.0. The molecule has 1 aliphatic rings. The minimum Gasteiger partial charge on any atom is -0.490 e. The smallest absolute Gasteiger partial charge is 0.266 e. The van der Waals surface area contributed by atoms with E-state index in [9.17, 15) is 10.1 Å². The Morgan fingerprint density at radius 2 is 1.97 bits per heavy atom. The molecule has 7 heteroatoms. The van der Waals surface area contributed by atoms with Crippen LogP contribution >= 0.6 is 24.0 Å². The zero-order chi connectivity index (χ0) is 20.8. The third kappa shape index (κ3) is 4.78. The van der Waals surface area contributed by atoms with Crippen molar-refractivity contribution in [1.29, 1.82) is 5.26 Å². The van der Waals surface area contributed by atoms with E-state index in [1.54, 1.807) is 11.0 Å². The van der Waals surface area contributed by atoms with Crippen molar-refractivity contribution in [3.63, 3.8) is 0 Å². The van der Waals surface area contributed by atoms with Crippen LogP contribution in [0.5, 0.6) is 11.5 Å². The quantitative estimate of drug-likeness (QED) is 0.472. The van der Waals surface area contributed by atoms with Crippen LogP contribution in [0.15, 0.2) is 47.4 Å². The lowest BCUT2D eigenvalue weighted by Crippen LogP contribution is -2.27. The Hall–Kier alpha value is -2.82. The maximum atomic E-state index is 12.4. The van der Waals surface area contributed by atoms with Crippen LogP contribution in [0.1, 0.15) is 30.5 Å². The Morgan fingerprint density at radius 1 is 1.17 bits per heavy atom. The molecule has 3 rings (SSSR count). The van der Waals surface area contributed by atoms with Gasteiger partial charge in [0.2, 0.25) is 0 Å². The van der Waals surface area contributed by atoms with Crippen LogP contribution in [-0.2, 0) is 11.4 Å². The number of likely N-dealkylation sites (N-methyl/N-ethyl adjacent to an activating group) is 1. The molecule has 0 bridgehead atoms. The third-order valence-corrected chi connectivity index (χ3v) is 5.65. The van der Waals surface area contributed by atoms with Gasteiger partial charge in [0, 0.05) is 12.1 Å². The SMILES string of the molecule is CCOc1cc(/C=C2\SC(=S)N(CC)C2=O)ccc1OCc1ccccc1C#N. The molecule has 0 aliphatic carbocycles. The average molecular weight is 425 g/mol. The van der Waals surface area contributed by atoms with Gasteiger partial charge in [-0.1, -0.05) is 48.2 Å². The number of nitriles is 1. The highest BCUT2D eigenvalue weighted by molar-refractivity contribution is 8.26. The number of carbonyl (C=O) groups excluding carboxylic acids is 1. The predicted octanol–water partition coefficient (Wildman–Crippen LogP) is 4.76. The van der Waals surface area contributed by atoms with Gasteiger partial charge in [-0.15, -0.1) is 0 Å². The molecular formula is C22H20N2O3S2. The van der Waals surface area contributed by atoms with Gasteiger partial charge in [0.25, 0.3) is 5.91 Å². The van der Waals surface area contributed by atoms with Crippen molar-refractivity contribution in [3.8, 4) is 17.6 Å². The Labute approximate surface area is 179 Å². The van der Waals surface area contributed by atoms with E-state index in [1.807, 2.05) is 56.3 Å². The average Bonchev–Trinajstić information content (AvgIpc) is 3.00. The molecule has 2 aromatic carbocycles. The molecular weight excluding hydrogens is 404 g/mol. The summed E-state index contributed by atoms with van der Waals surface area (Å²) in [7, 11) is 0. The zero-order valence-electron chi connectivity index (χ0n) is 16.2. The Morgan fingerprint density at radius 3 is 2.66 bits per heavy atom. The number of rotatable bonds is 7. The van der Waals surface area contributed by atoms with Gasteiger partial charge < -0.3 is 9.47 Å². The lowest BCUT2D eigenvalue weighted by atomic mass is 10.1. The molecule has 1 fully saturated rings. The Kier molecular flexibility index (Phi) is 6.91. The Balaban J connectivity index is 1.82. The second-order valence-electron chi connectivity index (χ2n) is 6.12. The maximum Gasteiger partial charge on any atom is 0.266 e. The van der Waals surface area contributed by atoms with Crippen LogP contribution in [0.3, 0.4) is 0 Å². The van der Waals surface area contributed by atoms with Crippen LogP contribution in [0.4, 0.5) is 0 Å². The Bertz CT molecular complexity index is 1010. The van der Waals surface area contributed by atoms with Crippen molar-refractivity contribution in [3.05, 3.63) is 64.1 Å². The molecule has 1 saturated heterocycles. The summed E-state index contributed by atoms with van der Waals surface area (Å²) >= 11 is 6.56. The molecule has 1 heterocycles. The van der Waals surface area contributed by atoms with E-state index in [-0.39, 0.29) is 12.5 Å². The standard InChI is InChI=1S/C22H20N2O3S2/c1-3-24-21(25)20(29-22(24)28)12-15-9-10-18(19(11-15)26-4-2)27-14-17-8-6-5-7-16(17)13-23/h5-12H,3-4,14H2,1-2H3/b20-12-.